The Morgan fingerprint density at radius 1 is 1.43 bits per heavy atom. The summed E-state index contributed by atoms with van der Waals surface area (Å²) in [7, 11) is -3.57. The molecule has 1 N–H and O–H groups in total. The molecule has 6 nitrogen and oxygen atoms in total. The van der Waals surface area contributed by atoms with Gasteiger partial charge in [-0.1, -0.05) is 20.8 Å². The first-order valence-corrected chi connectivity index (χ1v) is 9.43. The van der Waals surface area contributed by atoms with Gasteiger partial charge in [-0.3, -0.25) is 4.40 Å². The zero-order chi connectivity index (χ0) is 15.6. The molecule has 0 aromatic carbocycles. The fraction of sp³-hybridized carbons (Fsp3) is 0.615. The highest BCUT2D eigenvalue weighted by Crippen LogP contribution is 2.28. The SMILES string of the molecule is CCNc1nc2sccn2c1S(=O)(=O)N(CC)CC(C)C. The molecule has 0 saturated heterocycles. The zero-order valence-electron chi connectivity index (χ0n) is 12.8. The Kier molecular flexibility index (Phi) is 4.90. The lowest BCUT2D eigenvalue weighted by atomic mass is 10.2. The normalized spacial score (nSPS) is 12.7. The Labute approximate surface area is 129 Å². The van der Waals surface area contributed by atoms with E-state index in [1.54, 1.807) is 10.6 Å². The van der Waals surface area contributed by atoms with Crippen molar-refractivity contribution in [3.05, 3.63) is 11.6 Å². The van der Waals surface area contributed by atoms with Crippen LogP contribution in [0.1, 0.15) is 27.7 Å². The van der Waals surface area contributed by atoms with Gasteiger partial charge in [-0.2, -0.15) is 4.31 Å². The summed E-state index contributed by atoms with van der Waals surface area (Å²) >= 11 is 1.43. The van der Waals surface area contributed by atoms with Crippen molar-refractivity contribution in [2.24, 2.45) is 5.92 Å². The quantitative estimate of drug-likeness (QED) is 0.847. The predicted octanol–water partition coefficient (Wildman–Crippen LogP) is 2.49. The van der Waals surface area contributed by atoms with Crippen LogP contribution in [0.3, 0.4) is 0 Å². The number of aromatic nitrogens is 2. The van der Waals surface area contributed by atoms with Crippen molar-refractivity contribution in [2.75, 3.05) is 25.0 Å². The van der Waals surface area contributed by atoms with E-state index in [1.165, 1.54) is 15.6 Å². The standard InChI is InChI=1S/C13H22N4O2S2/c1-5-14-11-12(17-7-8-20-13(17)15-11)21(18,19)16(6-2)9-10(3)4/h7-8,10,14H,5-6,9H2,1-4H3. The number of thiazole rings is 1. The van der Waals surface area contributed by atoms with Gasteiger partial charge < -0.3 is 5.32 Å². The molecule has 2 aromatic heterocycles. The second kappa shape index (κ2) is 6.33. The molecule has 0 fully saturated rings. The minimum atomic E-state index is -3.57. The number of imidazole rings is 1. The Balaban J connectivity index is 2.56. The summed E-state index contributed by atoms with van der Waals surface area (Å²) in [5.74, 6) is 0.708. The first-order valence-electron chi connectivity index (χ1n) is 7.11. The van der Waals surface area contributed by atoms with E-state index in [4.69, 9.17) is 0 Å². The highest BCUT2D eigenvalue weighted by molar-refractivity contribution is 7.89. The average molecular weight is 330 g/mol. The molecule has 21 heavy (non-hydrogen) atoms. The molecule has 8 heteroatoms. The highest BCUT2D eigenvalue weighted by atomic mass is 32.2. The average Bonchev–Trinajstić information content (AvgIpc) is 2.95. The maximum absolute atomic E-state index is 13.0. The van der Waals surface area contributed by atoms with Gasteiger partial charge in [0.1, 0.15) is 0 Å². The van der Waals surface area contributed by atoms with E-state index in [2.05, 4.69) is 10.3 Å². The van der Waals surface area contributed by atoms with Crippen LogP contribution in [0.15, 0.2) is 16.6 Å². The fourth-order valence-electron chi connectivity index (χ4n) is 2.22. The number of rotatable bonds is 7. The number of sulfonamides is 1. The van der Waals surface area contributed by atoms with Crippen molar-refractivity contribution in [3.8, 4) is 0 Å². The van der Waals surface area contributed by atoms with E-state index in [-0.39, 0.29) is 10.9 Å². The summed E-state index contributed by atoms with van der Waals surface area (Å²) in [5.41, 5.74) is 0. The second-order valence-electron chi connectivity index (χ2n) is 5.20. The first-order chi connectivity index (χ1) is 9.91. The summed E-state index contributed by atoms with van der Waals surface area (Å²) in [6.07, 6.45) is 1.75. The van der Waals surface area contributed by atoms with Crippen LogP contribution in [0.25, 0.3) is 4.96 Å². The number of fused-ring (bicyclic) bond motifs is 1. The number of nitrogens with zero attached hydrogens (tertiary/aromatic N) is 3. The fourth-order valence-corrected chi connectivity index (χ4v) is 4.83. The molecule has 118 valence electrons. The molecule has 0 aliphatic heterocycles. The molecule has 0 unspecified atom stereocenters. The molecule has 0 saturated carbocycles. The molecule has 0 aliphatic carbocycles. The van der Waals surface area contributed by atoms with E-state index in [9.17, 15) is 8.42 Å². The smallest absolute Gasteiger partial charge is 0.262 e. The van der Waals surface area contributed by atoms with Crippen LogP contribution in [0, 0.1) is 5.92 Å². The van der Waals surface area contributed by atoms with Gasteiger partial charge in [0.15, 0.2) is 15.8 Å². The summed E-state index contributed by atoms with van der Waals surface area (Å²) in [4.78, 5) is 5.07. The van der Waals surface area contributed by atoms with Crippen LogP contribution >= 0.6 is 11.3 Å². The zero-order valence-corrected chi connectivity index (χ0v) is 14.5. The van der Waals surface area contributed by atoms with Gasteiger partial charge in [0.2, 0.25) is 0 Å². The van der Waals surface area contributed by atoms with Gasteiger partial charge in [-0.15, -0.1) is 11.3 Å². The van der Waals surface area contributed by atoms with Crippen molar-refractivity contribution in [1.29, 1.82) is 0 Å². The summed E-state index contributed by atoms with van der Waals surface area (Å²) in [6.45, 7) is 9.39. The van der Waals surface area contributed by atoms with Gasteiger partial charge in [-0.05, 0) is 12.8 Å². The van der Waals surface area contributed by atoms with Crippen LogP contribution in [-0.2, 0) is 10.0 Å². The van der Waals surface area contributed by atoms with Gasteiger partial charge >= 0.3 is 0 Å². The van der Waals surface area contributed by atoms with Crippen LogP contribution in [0.2, 0.25) is 0 Å². The molecule has 0 aliphatic rings. The van der Waals surface area contributed by atoms with E-state index in [0.717, 1.165) is 0 Å². The molecule has 0 spiro atoms. The number of hydrogen-bond acceptors (Lipinski definition) is 5. The van der Waals surface area contributed by atoms with Crippen molar-refractivity contribution < 1.29 is 8.42 Å². The summed E-state index contributed by atoms with van der Waals surface area (Å²) < 4.78 is 29.2. The monoisotopic (exact) mass is 330 g/mol. The molecular formula is C13H22N4O2S2. The van der Waals surface area contributed by atoms with Crippen molar-refractivity contribution in [3.63, 3.8) is 0 Å². The minimum absolute atomic E-state index is 0.239. The maximum atomic E-state index is 13.0. The predicted molar refractivity (Wildman–Crippen MR) is 86.5 cm³/mol. The lowest BCUT2D eigenvalue weighted by molar-refractivity contribution is 0.379. The third-order valence-corrected chi connectivity index (χ3v) is 5.79. The molecule has 0 amide bonds. The Morgan fingerprint density at radius 2 is 2.14 bits per heavy atom. The van der Waals surface area contributed by atoms with Crippen molar-refractivity contribution >= 4 is 32.1 Å². The van der Waals surface area contributed by atoms with E-state index in [1.807, 2.05) is 33.1 Å². The third kappa shape index (κ3) is 3.07. The maximum Gasteiger partial charge on any atom is 0.262 e. The van der Waals surface area contributed by atoms with Crippen LogP contribution in [0.4, 0.5) is 5.82 Å². The molecule has 2 heterocycles. The molecular weight excluding hydrogens is 308 g/mol. The van der Waals surface area contributed by atoms with Gasteiger partial charge in [0.25, 0.3) is 10.0 Å². The topological polar surface area (TPSA) is 66.7 Å². The molecule has 0 atom stereocenters. The Hall–Kier alpha value is -1.12. The van der Waals surface area contributed by atoms with Crippen molar-refractivity contribution in [2.45, 2.75) is 32.7 Å². The Morgan fingerprint density at radius 3 is 2.71 bits per heavy atom. The molecule has 2 rings (SSSR count). The summed E-state index contributed by atoms with van der Waals surface area (Å²) in [6, 6.07) is 0. The molecule has 0 radical (unpaired) electrons. The lowest BCUT2D eigenvalue weighted by Crippen LogP contribution is -2.35. The molecule has 0 bridgehead atoms. The lowest BCUT2D eigenvalue weighted by Gasteiger charge is -2.22. The van der Waals surface area contributed by atoms with Crippen LogP contribution in [0.5, 0.6) is 0 Å². The van der Waals surface area contributed by atoms with Gasteiger partial charge in [0.05, 0.1) is 0 Å². The summed E-state index contributed by atoms with van der Waals surface area (Å²) in [5, 5.41) is 5.14. The third-order valence-electron chi connectivity index (χ3n) is 3.07. The van der Waals surface area contributed by atoms with E-state index >= 15 is 0 Å². The van der Waals surface area contributed by atoms with Crippen molar-refractivity contribution in [1.82, 2.24) is 13.7 Å². The van der Waals surface area contributed by atoms with E-state index < -0.39 is 10.0 Å². The number of nitrogens with one attached hydrogen (secondary N) is 1. The number of anilines is 1. The number of hydrogen-bond donors (Lipinski definition) is 1. The Bertz CT molecular complexity index is 703. The van der Waals surface area contributed by atoms with Crippen LogP contribution < -0.4 is 5.32 Å². The highest BCUT2D eigenvalue weighted by Gasteiger charge is 2.31. The largest absolute Gasteiger partial charge is 0.368 e. The van der Waals surface area contributed by atoms with E-state index in [0.29, 0.717) is 30.4 Å². The molecule has 2 aromatic rings. The van der Waals surface area contributed by atoms with Gasteiger partial charge in [0, 0.05) is 31.2 Å². The first kappa shape index (κ1) is 16.3. The van der Waals surface area contributed by atoms with Crippen LogP contribution in [-0.4, -0.2) is 41.7 Å². The van der Waals surface area contributed by atoms with Gasteiger partial charge in [-0.25, -0.2) is 13.4 Å². The second-order valence-corrected chi connectivity index (χ2v) is 7.93. The minimum Gasteiger partial charge on any atom is -0.368 e.